The third-order valence-electron chi connectivity index (χ3n) is 4.42. The van der Waals surface area contributed by atoms with Crippen LogP contribution in [-0.4, -0.2) is 28.1 Å². The van der Waals surface area contributed by atoms with Crippen molar-refractivity contribution in [3.05, 3.63) is 99.3 Å². The van der Waals surface area contributed by atoms with Crippen LogP contribution in [0.1, 0.15) is 15.2 Å². The number of carbonyl (C=O) groups excluding carboxylic acids is 2. The Morgan fingerprint density at radius 1 is 1.03 bits per heavy atom. The molecule has 0 N–H and O–H groups in total. The molecule has 2 aromatic heterocycles. The van der Waals surface area contributed by atoms with Crippen LogP contribution >= 0.6 is 27.3 Å². The normalized spacial score (nSPS) is 11.0. The predicted molar refractivity (Wildman–Crippen MR) is 125 cm³/mol. The van der Waals surface area contributed by atoms with Gasteiger partial charge in [0.15, 0.2) is 6.61 Å². The van der Waals surface area contributed by atoms with Crippen molar-refractivity contribution in [3.8, 4) is 16.9 Å². The van der Waals surface area contributed by atoms with Crippen LogP contribution in [0.4, 0.5) is 0 Å². The fourth-order valence-electron chi connectivity index (χ4n) is 2.91. The van der Waals surface area contributed by atoms with Crippen LogP contribution in [0.2, 0.25) is 0 Å². The van der Waals surface area contributed by atoms with Crippen LogP contribution in [0.25, 0.3) is 23.0 Å². The average molecular weight is 493 g/mol. The van der Waals surface area contributed by atoms with Crippen LogP contribution < -0.4 is 0 Å². The van der Waals surface area contributed by atoms with Crippen LogP contribution in [0.15, 0.2) is 88.9 Å². The number of thiophene rings is 1. The summed E-state index contributed by atoms with van der Waals surface area (Å²) < 4.78 is 7.83. The average Bonchev–Trinajstić information content (AvgIpc) is 3.48. The molecule has 7 heteroatoms. The number of esters is 1. The molecule has 0 atom stereocenters. The van der Waals surface area contributed by atoms with E-state index < -0.39 is 5.97 Å². The van der Waals surface area contributed by atoms with Gasteiger partial charge in [-0.15, -0.1) is 11.3 Å². The predicted octanol–water partition coefficient (Wildman–Crippen LogP) is 5.80. The summed E-state index contributed by atoms with van der Waals surface area (Å²) in [7, 11) is 0. The van der Waals surface area contributed by atoms with E-state index in [4.69, 9.17) is 9.84 Å². The molecule has 0 fully saturated rings. The number of benzene rings is 2. The molecule has 0 saturated carbocycles. The molecule has 31 heavy (non-hydrogen) atoms. The Morgan fingerprint density at radius 3 is 2.52 bits per heavy atom. The first-order chi connectivity index (χ1) is 15.1. The van der Waals surface area contributed by atoms with E-state index in [0.717, 1.165) is 27.0 Å². The summed E-state index contributed by atoms with van der Waals surface area (Å²) in [4.78, 5) is 24.7. The van der Waals surface area contributed by atoms with Crippen molar-refractivity contribution in [2.24, 2.45) is 0 Å². The van der Waals surface area contributed by atoms with Gasteiger partial charge in [-0.2, -0.15) is 5.10 Å². The molecule has 0 spiro atoms. The number of ketones is 1. The summed E-state index contributed by atoms with van der Waals surface area (Å²) in [5.74, 6) is -0.802. The number of aromatic nitrogens is 2. The van der Waals surface area contributed by atoms with E-state index in [0.29, 0.717) is 4.88 Å². The zero-order chi connectivity index (χ0) is 21.6. The summed E-state index contributed by atoms with van der Waals surface area (Å²) in [6, 6.07) is 21.0. The Morgan fingerprint density at radius 2 is 1.81 bits per heavy atom. The first kappa shape index (κ1) is 21.0. The first-order valence-electron chi connectivity index (χ1n) is 9.43. The van der Waals surface area contributed by atoms with Gasteiger partial charge in [-0.25, -0.2) is 9.48 Å². The number of hydrogen-bond donors (Lipinski definition) is 0. The molecule has 0 aliphatic rings. The van der Waals surface area contributed by atoms with Gasteiger partial charge in [0.05, 0.1) is 16.3 Å². The molecule has 4 aromatic rings. The van der Waals surface area contributed by atoms with Crippen LogP contribution in [0.5, 0.6) is 0 Å². The topological polar surface area (TPSA) is 61.2 Å². The summed E-state index contributed by atoms with van der Waals surface area (Å²) in [6.45, 7) is -0.285. The Hall–Kier alpha value is -3.29. The highest BCUT2D eigenvalue weighted by Gasteiger charge is 2.12. The van der Waals surface area contributed by atoms with E-state index in [2.05, 4.69) is 15.9 Å². The smallest absolute Gasteiger partial charge is 0.331 e. The minimum absolute atomic E-state index is 0.218. The Bertz CT molecular complexity index is 1210. The molecule has 154 valence electrons. The molecule has 2 aromatic carbocycles. The molecule has 0 saturated heterocycles. The summed E-state index contributed by atoms with van der Waals surface area (Å²) in [6.07, 6.45) is 4.82. The van der Waals surface area contributed by atoms with Crippen molar-refractivity contribution in [1.29, 1.82) is 0 Å². The van der Waals surface area contributed by atoms with E-state index >= 15 is 0 Å². The summed E-state index contributed by atoms with van der Waals surface area (Å²) in [5.41, 5.74) is 3.31. The molecule has 0 radical (unpaired) electrons. The molecule has 0 aliphatic heterocycles. The lowest BCUT2D eigenvalue weighted by molar-refractivity contribution is -0.136. The lowest BCUT2D eigenvalue weighted by Gasteiger charge is -2.01. The lowest BCUT2D eigenvalue weighted by Crippen LogP contribution is -2.11. The highest BCUT2D eigenvalue weighted by molar-refractivity contribution is 9.10. The van der Waals surface area contributed by atoms with Gasteiger partial charge in [-0.3, -0.25) is 4.79 Å². The van der Waals surface area contributed by atoms with E-state index in [1.807, 2.05) is 66.2 Å². The van der Waals surface area contributed by atoms with E-state index in [1.54, 1.807) is 22.9 Å². The first-order valence-corrected chi connectivity index (χ1v) is 11.1. The second kappa shape index (κ2) is 9.68. The van der Waals surface area contributed by atoms with Gasteiger partial charge in [0.25, 0.3) is 0 Å². The van der Waals surface area contributed by atoms with Crippen molar-refractivity contribution in [2.75, 3.05) is 6.61 Å². The van der Waals surface area contributed by atoms with Gasteiger partial charge in [0.1, 0.15) is 0 Å². The van der Waals surface area contributed by atoms with Crippen molar-refractivity contribution in [2.45, 2.75) is 0 Å². The maximum absolute atomic E-state index is 12.2. The molecule has 0 bridgehead atoms. The maximum Gasteiger partial charge on any atom is 0.331 e. The van der Waals surface area contributed by atoms with Gasteiger partial charge < -0.3 is 4.74 Å². The molecule has 0 unspecified atom stereocenters. The highest BCUT2D eigenvalue weighted by Crippen LogP contribution is 2.26. The zero-order valence-corrected chi connectivity index (χ0v) is 18.7. The van der Waals surface area contributed by atoms with Gasteiger partial charge in [0.2, 0.25) is 5.78 Å². The molecule has 0 aliphatic carbocycles. The number of carbonyl (C=O) groups is 2. The van der Waals surface area contributed by atoms with Crippen LogP contribution in [0, 0.1) is 0 Å². The largest absolute Gasteiger partial charge is 0.454 e. The number of nitrogens with zero attached hydrogens (tertiary/aromatic N) is 2. The molecule has 0 amide bonds. The fourth-order valence-corrected chi connectivity index (χ4v) is 3.82. The van der Waals surface area contributed by atoms with Gasteiger partial charge >= 0.3 is 5.97 Å². The zero-order valence-electron chi connectivity index (χ0n) is 16.3. The Balaban J connectivity index is 1.55. The summed E-state index contributed by atoms with van der Waals surface area (Å²) in [5, 5.41) is 6.52. The third kappa shape index (κ3) is 5.25. The second-order valence-corrected chi connectivity index (χ2v) is 8.42. The highest BCUT2D eigenvalue weighted by atomic mass is 79.9. The van der Waals surface area contributed by atoms with Gasteiger partial charge in [-0.1, -0.05) is 52.3 Å². The second-order valence-electron chi connectivity index (χ2n) is 6.56. The van der Waals surface area contributed by atoms with Crippen molar-refractivity contribution < 1.29 is 14.3 Å². The van der Waals surface area contributed by atoms with Crippen molar-refractivity contribution >= 4 is 45.1 Å². The van der Waals surface area contributed by atoms with E-state index in [9.17, 15) is 9.59 Å². The number of halogens is 1. The molecular weight excluding hydrogens is 476 g/mol. The van der Waals surface area contributed by atoms with Crippen molar-refractivity contribution in [1.82, 2.24) is 9.78 Å². The van der Waals surface area contributed by atoms with Gasteiger partial charge in [-0.05, 0) is 41.8 Å². The lowest BCUT2D eigenvalue weighted by atomic mass is 10.1. The number of hydrogen-bond acceptors (Lipinski definition) is 5. The Kier molecular flexibility index (Phi) is 6.54. The molecule has 2 heterocycles. The maximum atomic E-state index is 12.2. The number of ether oxygens (including phenoxy) is 1. The quantitative estimate of drug-likeness (QED) is 0.185. The number of para-hydroxylation sites is 1. The molecule has 5 nitrogen and oxygen atoms in total. The third-order valence-corrected chi connectivity index (χ3v) is 5.86. The van der Waals surface area contributed by atoms with Crippen molar-refractivity contribution in [3.63, 3.8) is 0 Å². The van der Waals surface area contributed by atoms with Crippen LogP contribution in [0.3, 0.4) is 0 Å². The van der Waals surface area contributed by atoms with E-state index in [-0.39, 0.29) is 12.4 Å². The van der Waals surface area contributed by atoms with Crippen LogP contribution in [-0.2, 0) is 9.53 Å². The fraction of sp³-hybridized carbons (Fsp3) is 0.0417. The molecular formula is C24H17BrN2O3S. The minimum Gasteiger partial charge on any atom is -0.454 e. The number of rotatable bonds is 7. The Labute approximate surface area is 191 Å². The SMILES string of the molecule is O=C(C=Cc1cn(-c2ccccc2)nc1-c1ccc(Br)cc1)OCC(=O)c1cccs1. The van der Waals surface area contributed by atoms with E-state index in [1.165, 1.54) is 17.4 Å². The monoisotopic (exact) mass is 492 g/mol. The molecule has 4 rings (SSSR count). The standard InChI is InChI=1S/C24H17BrN2O3S/c25-19-11-8-17(9-12-19)24-18(15-27(26-24)20-5-2-1-3-6-20)10-13-23(29)30-16-21(28)22-7-4-14-31-22/h1-15H,16H2. The minimum atomic E-state index is -0.584. The number of Topliss-reactive ketones (excluding diaryl/α,β-unsaturated/α-hetero) is 1. The summed E-state index contributed by atoms with van der Waals surface area (Å²) >= 11 is 4.76. The van der Waals surface area contributed by atoms with Gasteiger partial charge in [0, 0.05) is 27.9 Å².